The van der Waals surface area contributed by atoms with E-state index < -0.39 is 0 Å². The first kappa shape index (κ1) is 10.4. The lowest BCUT2D eigenvalue weighted by molar-refractivity contribution is 0.320. The van der Waals surface area contributed by atoms with Gasteiger partial charge in [-0.3, -0.25) is 4.90 Å². The molecule has 2 rings (SSSR count). The van der Waals surface area contributed by atoms with Crippen LogP contribution < -0.4 is 5.32 Å². The maximum atomic E-state index is 4.32. The lowest BCUT2D eigenvalue weighted by atomic mass is 10.2. The van der Waals surface area contributed by atoms with Crippen LogP contribution in [0.15, 0.2) is 18.3 Å². The highest BCUT2D eigenvalue weighted by Gasteiger charge is 2.18. The third kappa shape index (κ3) is 2.69. The van der Waals surface area contributed by atoms with Crippen LogP contribution in [0.4, 0.5) is 5.82 Å². The van der Waals surface area contributed by atoms with Gasteiger partial charge in [0.15, 0.2) is 0 Å². The molecule has 1 saturated heterocycles. The highest BCUT2D eigenvalue weighted by Crippen LogP contribution is 2.17. The molecule has 0 radical (unpaired) electrons. The van der Waals surface area contributed by atoms with Crippen molar-refractivity contribution in [2.75, 3.05) is 25.5 Å². The Morgan fingerprint density at radius 2 is 2.40 bits per heavy atom. The zero-order chi connectivity index (χ0) is 10.7. The van der Waals surface area contributed by atoms with E-state index in [-0.39, 0.29) is 0 Å². The van der Waals surface area contributed by atoms with Crippen LogP contribution in [0, 0.1) is 5.92 Å². The monoisotopic (exact) mass is 205 g/mol. The molecular weight excluding hydrogens is 186 g/mol. The number of hydrogen-bond donors (Lipinski definition) is 1. The Bertz CT molecular complexity index is 307. The fraction of sp³-hybridized carbons (Fsp3) is 0.583. The van der Waals surface area contributed by atoms with Crippen molar-refractivity contribution < 1.29 is 0 Å². The molecule has 0 aliphatic carbocycles. The fourth-order valence-electron chi connectivity index (χ4n) is 2.09. The molecule has 2 heterocycles. The molecule has 1 fully saturated rings. The molecule has 0 aromatic carbocycles. The molecule has 15 heavy (non-hydrogen) atoms. The summed E-state index contributed by atoms with van der Waals surface area (Å²) in [5, 5.41) is 3.03. The third-order valence-electron chi connectivity index (χ3n) is 3.00. The maximum absolute atomic E-state index is 4.32. The van der Waals surface area contributed by atoms with Crippen molar-refractivity contribution in [2.45, 2.75) is 19.9 Å². The molecule has 0 bridgehead atoms. The van der Waals surface area contributed by atoms with Crippen LogP contribution in [-0.2, 0) is 6.54 Å². The van der Waals surface area contributed by atoms with E-state index in [1.54, 1.807) is 0 Å². The molecule has 1 N–H and O–H groups in total. The van der Waals surface area contributed by atoms with E-state index in [1.165, 1.54) is 25.1 Å². The summed E-state index contributed by atoms with van der Waals surface area (Å²) in [5.74, 6) is 1.79. The number of aromatic nitrogens is 1. The zero-order valence-electron chi connectivity index (χ0n) is 9.53. The number of nitrogens with zero attached hydrogens (tertiary/aromatic N) is 2. The molecule has 82 valence electrons. The Labute approximate surface area is 91.5 Å². The van der Waals surface area contributed by atoms with Crippen molar-refractivity contribution in [1.82, 2.24) is 9.88 Å². The minimum atomic E-state index is 0.856. The van der Waals surface area contributed by atoms with Gasteiger partial charge < -0.3 is 5.32 Å². The molecular formula is C12H19N3. The van der Waals surface area contributed by atoms with E-state index in [0.717, 1.165) is 18.3 Å². The van der Waals surface area contributed by atoms with Crippen LogP contribution in [0.2, 0.25) is 0 Å². The zero-order valence-corrected chi connectivity index (χ0v) is 9.53. The largest absolute Gasteiger partial charge is 0.373 e. The predicted octanol–water partition coefficient (Wildman–Crippen LogP) is 1.97. The van der Waals surface area contributed by atoms with E-state index in [9.17, 15) is 0 Å². The molecule has 0 spiro atoms. The Morgan fingerprint density at radius 1 is 1.53 bits per heavy atom. The molecule has 0 amide bonds. The highest BCUT2D eigenvalue weighted by atomic mass is 15.1. The molecule has 0 saturated carbocycles. The van der Waals surface area contributed by atoms with Crippen LogP contribution >= 0.6 is 0 Å². The Morgan fingerprint density at radius 3 is 2.93 bits per heavy atom. The van der Waals surface area contributed by atoms with Crippen molar-refractivity contribution in [1.29, 1.82) is 0 Å². The average molecular weight is 205 g/mol. The second-order valence-electron chi connectivity index (χ2n) is 4.43. The van der Waals surface area contributed by atoms with Gasteiger partial charge in [-0.25, -0.2) is 4.98 Å². The molecule has 1 aliphatic heterocycles. The predicted molar refractivity (Wildman–Crippen MR) is 62.8 cm³/mol. The topological polar surface area (TPSA) is 28.2 Å². The average Bonchev–Trinajstić information content (AvgIpc) is 2.65. The van der Waals surface area contributed by atoms with Gasteiger partial charge in [-0.2, -0.15) is 0 Å². The van der Waals surface area contributed by atoms with Crippen molar-refractivity contribution in [3.05, 3.63) is 23.9 Å². The lowest BCUT2D eigenvalue weighted by Crippen LogP contribution is -2.19. The second kappa shape index (κ2) is 4.62. The Hall–Kier alpha value is -1.09. The SMILES string of the molecule is CNc1ccc(CN2CCC(C)C2)cn1. The van der Waals surface area contributed by atoms with Gasteiger partial charge >= 0.3 is 0 Å². The summed E-state index contributed by atoms with van der Waals surface area (Å²) in [4.78, 5) is 6.82. The van der Waals surface area contributed by atoms with Gasteiger partial charge in [-0.1, -0.05) is 13.0 Å². The molecule has 1 aliphatic rings. The van der Waals surface area contributed by atoms with E-state index in [1.807, 2.05) is 19.3 Å². The molecule has 1 unspecified atom stereocenters. The second-order valence-corrected chi connectivity index (χ2v) is 4.43. The quantitative estimate of drug-likeness (QED) is 0.817. The minimum absolute atomic E-state index is 0.856. The number of rotatable bonds is 3. The van der Waals surface area contributed by atoms with Crippen molar-refractivity contribution in [3.63, 3.8) is 0 Å². The first-order chi connectivity index (χ1) is 7.28. The maximum Gasteiger partial charge on any atom is 0.125 e. The minimum Gasteiger partial charge on any atom is -0.373 e. The van der Waals surface area contributed by atoms with Gasteiger partial charge in [0.2, 0.25) is 0 Å². The smallest absolute Gasteiger partial charge is 0.125 e. The summed E-state index contributed by atoms with van der Waals surface area (Å²) in [6.07, 6.45) is 3.30. The van der Waals surface area contributed by atoms with Crippen molar-refractivity contribution in [2.24, 2.45) is 5.92 Å². The Balaban J connectivity index is 1.93. The van der Waals surface area contributed by atoms with E-state index >= 15 is 0 Å². The normalized spacial score (nSPS) is 21.9. The van der Waals surface area contributed by atoms with Crippen molar-refractivity contribution >= 4 is 5.82 Å². The number of nitrogens with one attached hydrogen (secondary N) is 1. The van der Waals surface area contributed by atoms with Gasteiger partial charge in [-0.15, -0.1) is 0 Å². The number of hydrogen-bond acceptors (Lipinski definition) is 3. The van der Waals surface area contributed by atoms with Crippen LogP contribution in [0.5, 0.6) is 0 Å². The highest BCUT2D eigenvalue weighted by molar-refractivity contribution is 5.34. The van der Waals surface area contributed by atoms with Crippen LogP contribution in [0.25, 0.3) is 0 Å². The summed E-state index contributed by atoms with van der Waals surface area (Å²) in [7, 11) is 1.89. The first-order valence-corrected chi connectivity index (χ1v) is 5.63. The third-order valence-corrected chi connectivity index (χ3v) is 3.00. The fourth-order valence-corrected chi connectivity index (χ4v) is 2.09. The molecule has 3 heteroatoms. The Kier molecular flexibility index (Phi) is 3.21. The van der Waals surface area contributed by atoms with E-state index in [0.29, 0.717) is 0 Å². The molecule has 1 aromatic heterocycles. The van der Waals surface area contributed by atoms with Gasteiger partial charge in [0.05, 0.1) is 0 Å². The number of likely N-dealkylation sites (tertiary alicyclic amines) is 1. The van der Waals surface area contributed by atoms with Gasteiger partial charge in [0.1, 0.15) is 5.82 Å². The molecule has 1 atom stereocenters. The lowest BCUT2D eigenvalue weighted by Gasteiger charge is -2.14. The van der Waals surface area contributed by atoms with Gasteiger partial charge in [-0.05, 0) is 30.5 Å². The summed E-state index contributed by atoms with van der Waals surface area (Å²) in [6, 6.07) is 4.19. The summed E-state index contributed by atoms with van der Waals surface area (Å²) >= 11 is 0. The van der Waals surface area contributed by atoms with E-state index in [4.69, 9.17) is 0 Å². The molecule has 3 nitrogen and oxygen atoms in total. The number of anilines is 1. The first-order valence-electron chi connectivity index (χ1n) is 5.63. The van der Waals surface area contributed by atoms with Crippen molar-refractivity contribution in [3.8, 4) is 0 Å². The standard InChI is InChI=1S/C12H19N3/c1-10-5-6-15(8-10)9-11-3-4-12(13-2)14-7-11/h3-4,7,10H,5-6,8-9H2,1-2H3,(H,13,14). The van der Waals surface area contributed by atoms with Gasteiger partial charge in [0.25, 0.3) is 0 Å². The summed E-state index contributed by atoms with van der Waals surface area (Å²) in [5.41, 5.74) is 1.31. The van der Waals surface area contributed by atoms with Crippen LogP contribution in [-0.4, -0.2) is 30.0 Å². The van der Waals surface area contributed by atoms with Gasteiger partial charge in [0, 0.05) is 26.3 Å². The van der Waals surface area contributed by atoms with Crippen LogP contribution in [0.3, 0.4) is 0 Å². The van der Waals surface area contributed by atoms with E-state index in [2.05, 4.69) is 28.2 Å². The summed E-state index contributed by atoms with van der Waals surface area (Å²) < 4.78 is 0. The van der Waals surface area contributed by atoms with Crippen LogP contribution in [0.1, 0.15) is 18.9 Å². The summed E-state index contributed by atoms with van der Waals surface area (Å²) in [6.45, 7) is 5.83. The number of pyridine rings is 1. The molecule has 1 aromatic rings.